The summed E-state index contributed by atoms with van der Waals surface area (Å²) in [7, 11) is 0. The van der Waals surface area contributed by atoms with Gasteiger partial charge in [0.15, 0.2) is 5.58 Å². The van der Waals surface area contributed by atoms with Crippen molar-refractivity contribution in [2.24, 2.45) is 0 Å². The van der Waals surface area contributed by atoms with Gasteiger partial charge >= 0.3 is 0 Å². The highest BCUT2D eigenvalue weighted by atomic mass is 16.3. The number of aromatic nitrogens is 1. The summed E-state index contributed by atoms with van der Waals surface area (Å²) in [6.07, 6.45) is 0.341. The zero-order chi connectivity index (χ0) is 17.9. The average molecular weight is 342 g/mol. The van der Waals surface area contributed by atoms with Crippen LogP contribution in [0.4, 0.5) is 5.69 Å². The lowest BCUT2D eigenvalue weighted by Crippen LogP contribution is -2.14. The Morgan fingerprint density at radius 1 is 1.00 bits per heavy atom. The molecule has 0 saturated heterocycles. The lowest BCUT2D eigenvalue weighted by molar-refractivity contribution is -0.115. The first-order chi connectivity index (χ1) is 12.7. The summed E-state index contributed by atoms with van der Waals surface area (Å²) in [6, 6.07) is 23.1. The van der Waals surface area contributed by atoms with E-state index in [9.17, 15) is 4.79 Å². The van der Waals surface area contributed by atoms with Crippen molar-refractivity contribution < 1.29 is 9.21 Å². The Hall–Kier alpha value is -3.40. The molecule has 1 N–H and O–H groups in total. The van der Waals surface area contributed by atoms with Gasteiger partial charge in [0.05, 0.1) is 6.42 Å². The molecule has 1 heterocycles. The van der Waals surface area contributed by atoms with Crippen LogP contribution < -0.4 is 5.32 Å². The van der Waals surface area contributed by atoms with Gasteiger partial charge in [0.25, 0.3) is 0 Å². The molecular formula is C22H18N2O2. The third-order valence-electron chi connectivity index (χ3n) is 4.17. The maximum absolute atomic E-state index is 12.3. The van der Waals surface area contributed by atoms with Gasteiger partial charge in [0.1, 0.15) is 5.52 Å². The van der Waals surface area contributed by atoms with Crippen molar-refractivity contribution in [3.05, 3.63) is 83.9 Å². The van der Waals surface area contributed by atoms with Crippen LogP contribution in [0.25, 0.3) is 22.6 Å². The number of anilines is 1. The van der Waals surface area contributed by atoms with E-state index in [0.717, 1.165) is 27.9 Å². The van der Waals surface area contributed by atoms with Crippen LogP contribution in [0.5, 0.6) is 0 Å². The molecule has 0 spiro atoms. The summed E-state index contributed by atoms with van der Waals surface area (Å²) >= 11 is 0. The summed E-state index contributed by atoms with van der Waals surface area (Å²) < 4.78 is 5.80. The van der Waals surface area contributed by atoms with Gasteiger partial charge in [-0.25, -0.2) is 4.98 Å². The van der Waals surface area contributed by atoms with Gasteiger partial charge < -0.3 is 9.73 Å². The first-order valence-electron chi connectivity index (χ1n) is 8.49. The molecule has 0 aliphatic carbocycles. The first-order valence-corrected chi connectivity index (χ1v) is 8.49. The Labute approximate surface area is 151 Å². The van der Waals surface area contributed by atoms with E-state index in [1.54, 1.807) is 0 Å². The summed E-state index contributed by atoms with van der Waals surface area (Å²) in [5, 5.41) is 2.94. The highest BCUT2D eigenvalue weighted by Crippen LogP contribution is 2.26. The van der Waals surface area contributed by atoms with Crippen LogP contribution in [0.15, 0.2) is 77.2 Å². The number of aryl methyl sites for hydroxylation is 1. The lowest BCUT2D eigenvalue weighted by Gasteiger charge is -2.07. The third kappa shape index (κ3) is 3.49. The van der Waals surface area contributed by atoms with Crippen molar-refractivity contribution in [3.8, 4) is 11.5 Å². The predicted octanol–water partition coefficient (Wildman–Crippen LogP) is 4.98. The average Bonchev–Trinajstić information content (AvgIpc) is 3.08. The second kappa shape index (κ2) is 6.84. The minimum absolute atomic E-state index is 0.0523. The molecule has 0 unspecified atom stereocenters. The highest BCUT2D eigenvalue weighted by Gasteiger charge is 2.10. The Morgan fingerprint density at radius 3 is 2.62 bits per heavy atom. The molecular weight excluding hydrogens is 324 g/mol. The van der Waals surface area contributed by atoms with E-state index in [0.29, 0.717) is 12.3 Å². The third-order valence-corrected chi connectivity index (χ3v) is 4.17. The molecule has 0 atom stereocenters. The minimum Gasteiger partial charge on any atom is -0.436 e. The molecule has 0 aliphatic heterocycles. The number of benzene rings is 3. The topological polar surface area (TPSA) is 55.1 Å². The molecule has 4 heteroatoms. The molecule has 26 heavy (non-hydrogen) atoms. The number of nitrogens with zero attached hydrogens (tertiary/aromatic N) is 1. The molecule has 0 radical (unpaired) electrons. The smallest absolute Gasteiger partial charge is 0.228 e. The standard InChI is InChI=1S/C22H18N2O2/c1-15-9-11-16(12-10-15)13-21(25)23-18-6-4-5-17(14-18)22-24-19-7-2-3-8-20(19)26-22/h2-12,14H,13H2,1H3,(H,23,25). The quantitative estimate of drug-likeness (QED) is 0.569. The van der Waals surface area contributed by atoms with Gasteiger partial charge in [-0.1, -0.05) is 48.0 Å². The Balaban J connectivity index is 1.51. The second-order valence-electron chi connectivity index (χ2n) is 6.28. The lowest BCUT2D eigenvalue weighted by atomic mass is 10.1. The van der Waals surface area contributed by atoms with Crippen molar-refractivity contribution in [1.29, 1.82) is 0 Å². The molecule has 128 valence electrons. The number of hydrogen-bond donors (Lipinski definition) is 1. The van der Waals surface area contributed by atoms with E-state index < -0.39 is 0 Å². The number of para-hydroxylation sites is 2. The predicted molar refractivity (Wildman–Crippen MR) is 103 cm³/mol. The summed E-state index contributed by atoms with van der Waals surface area (Å²) in [5.41, 5.74) is 5.28. The van der Waals surface area contributed by atoms with Crippen molar-refractivity contribution in [2.75, 3.05) is 5.32 Å². The molecule has 4 aromatic rings. The normalized spacial score (nSPS) is 10.8. The van der Waals surface area contributed by atoms with Gasteiger partial charge in [-0.05, 0) is 42.8 Å². The number of nitrogens with one attached hydrogen (secondary N) is 1. The van der Waals surface area contributed by atoms with E-state index in [1.165, 1.54) is 5.56 Å². The monoisotopic (exact) mass is 342 g/mol. The molecule has 4 nitrogen and oxygen atoms in total. The van der Waals surface area contributed by atoms with Crippen molar-refractivity contribution in [1.82, 2.24) is 4.98 Å². The van der Waals surface area contributed by atoms with Crippen LogP contribution in [-0.2, 0) is 11.2 Å². The maximum Gasteiger partial charge on any atom is 0.228 e. The van der Waals surface area contributed by atoms with Crippen LogP contribution in [0, 0.1) is 6.92 Å². The zero-order valence-electron chi connectivity index (χ0n) is 14.4. The van der Waals surface area contributed by atoms with Gasteiger partial charge in [0, 0.05) is 11.3 Å². The molecule has 0 fully saturated rings. The fourth-order valence-electron chi connectivity index (χ4n) is 2.82. The first kappa shape index (κ1) is 16.1. The van der Waals surface area contributed by atoms with Crippen LogP contribution in [0.3, 0.4) is 0 Å². The fourth-order valence-corrected chi connectivity index (χ4v) is 2.82. The van der Waals surface area contributed by atoms with Crippen molar-refractivity contribution in [3.63, 3.8) is 0 Å². The van der Waals surface area contributed by atoms with Crippen molar-refractivity contribution in [2.45, 2.75) is 13.3 Å². The van der Waals surface area contributed by atoms with Gasteiger partial charge in [-0.3, -0.25) is 4.79 Å². The molecule has 0 aliphatic rings. The van der Waals surface area contributed by atoms with Gasteiger partial charge in [0.2, 0.25) is 11.8 Å². The van der Waals surface area contributed by atoms with E-state index >= 15 is 0 Å². The number of amides is 1. The highest BCUT2D eigenvalue weighted by molar-refractivity contribution is 5.92. The number of carbonyl (C=O) groups is 1. The number of rotatable bonds is 4. The fraction of sp³-hybridized carbons (Fsp3) is 0.0909. The number of fused-ring (bicyclic) bond motifs is 1. The van der Waals surface area contributed by atoms with Crippen LogP contribution in [0.2, 0.25) is 0 Å². The van der Waals surface area contributed by atoms with Gasteiger partial charge in [-0.2, -0.15) is 0 Å². The largest absolute Gasteiger partial charge is 0.436 e. The van der Waals surface area contributed by atoms with Crippen LogP contribution in [0.1, 0.15) is 11.1 Å². The van der Waals surface area contributed by atoms with E-state index in [4.69, 9.17) is 4.42 Å². The number of oxazole rings is 1. The van der Waals surface area contributed by atoms with Gasteiger partial charge in [-0.15, -0.1) is 0 Å². The second-order valence-corrected chi connectivity index (χ2v) is 6.28. The number of hydrogen-bond acceptors (Lipinski definition) is 3. The molecule has 4 rings (SSSR count). The van der Waals surface area contributed by atoms with Crippen LogP contribution in [-0.4, -0.2) is 10.9 Å². The summed E-state index contributed by atoms with van der Waals surface area (Å²) in [4.78, 5) is 16.8. The Bertz CT molecular complexity index is 1030. The van der Waals surface area contributed by atoms with E-state index in [-0.39, 0.29) is 5.91 Å². The minimum atomic E-state index is -0.0523. The summed E-state index contributed by atoms with van der Waals surface area (Å²) in [5.74, 6) is 0.490. The molecule has 1 amide bonds. The van der Waals surface area contributed by atoms with E-state index in [1.807, 2.05) is 79.7 Å². The summed E-state index contributed by atoms with van der Waals surface area (Å²) in [6.45, 7) is 2.03. The molecule has 1 aromatic heterocycles. The number of carbonyl (C=O) groups excluding carboxylic acids is 1. The SMILES string of the molecule is Cc1ccc(CC(=O)Nc2cccc(-c3nc4ccccc4o3)c2)cc1. The van der Waals surface area contributed by atoms with E-state index in [2.05, 4.69) is 10.3 Å². The maximum atomic E-state index is 12.3. The Morgan fingerprint density at radius 2 is 1.81 bits per heavy atom. The molecule has 3 aromatic carbocycles. The zero-order valence-corrected chi connectivity index (χ0v) is 14.4. The molecule has 0 bridgehead atoms. The molecule has 0 saturated carbocycles. The van der Waals surface area contributed by atoms with Crippen molar-refractivity contribution >= 4 is 22.7 Å². The van der Waals surface area contributed by atoms with Crippen LogP contribution >= 0.6 is 0 Å². The Kier molecular flexibility index (Phi) is 4.23.